The Morgan fingerprint density at radius 3 is 2.53 bits per heavy atom. The number of rotatable bonds is 9. The molecule has 2 aromatic heterocycles. The molecule has 0 saturated carbocycles. The molecule has 1 amide bonds. The summed E-state index contributed by atoms with van der Waals surface area (Å²) in [5, 5.41) is 4.59. The molecule has 0 saturated heterocycles. The van der Waals surface area contributed by atoms with Crippen LogP contribution in [0.15, 0.2) is 60.8 Å². The van der Waals surface area contributed by atoms with Gasteiger partial charge in [-0.3, -0.25) is 9.78 Å². The van der Waals surface area contributed by atoms with Crippen molar-refractivity contribution in [2.75, 3.05) is 6.54 Å². The van der Waals surface area contributed by atoms with Gasteiger partial charge in [0, 0.05) is 36.3 Å². The molecule has 1 N–H and O–H groups in total. The zero-order valence-electron chi connectivity index (χ0n) is 18.8. The van der Waals surface area contributed by atoms with Crippen molar-refractivity contribution in [3.05, 3.63) is 92.9 Å². The van der Waals surface area contributed by atoms with E-state index in [0.717, 1.165) is 29.0 Å². The zero-order chi connectivity index (χ0) is 24.1. The second-order valence-corrected chi connectivity index (χ2v) is 9.31. The molecule has 34 heavy (non-hydrogen) atoms. The maximum atomic E-state index is 13.4. The first-order chi connectivity index (χ1) is 16.5. The van der Waals surface area contributed by atoms with E-state index in [4.69, 9.17) is 39.8 Å². The molecule has 2 aromatic carbocycles. The number of amides is 1. The number of hydrogen-bond donors (Lipinski definition) is 1. The first-order valence-corrected chi connectivity index (χ1v) is 12.4. The van der Waals surface area contributed by atoms with Gasteiger partial charge in [0.1, 0.15) is 11.9 Å². The van der Waals surface area contributed by atoms with Gasteiger partial charge < -0.3 is 9.88 Å². The second-order valence-electron chi connectivity index (χ2n) is 8.09. The van der Waals surface area contributed by atoms with Crippen LogP contribution in [0.5, 0.6) is 0 Å². The van der Waals surface area contributed by atoms with Gasteiger partial charge in [-0.05, 0) is 42.3 Å². The van der Waals surface area contributed by atoms with Gasteiger partial charge in [0.2, 0.25) is 5.91 Å². The number of imidazole rings is 1. The van der Waals surface area contributed by atoms with Crippen LogP contribution in [0.4, 0.5) is 0 Å². The molecule has 0 aliphatic carbocycles. The first kappa shape index (κ1) is 24.5. The Bertz CT molecular complexity index is 1290. The Labute approximate surface area is 214 Å². The van der Waals surface area contributed by atoms with Gasteiger partial charge in [-0.2, -0.15) is 0 Å². The number of nitrogens with zero attached hydrogens (tertiary/aromatic N) is 3. The second kappa shape index (κ2) is 11.2. The van der Waals surface area contributed by atoms with Gasteiger partial charge in [-0.25, -0.2) is 4.98 Å². The standard InChI is InChI=1S/C26H25Cl3N4O/c1-2-7-23(26(34)31-13-11-18-9-5-6-12-30-18)33-24-16-21(29)20(28)15-22(24)32-25(33)14-17-8-3-4-10-19(17)27/h3-6,8-10,12,15-16,23H,2,7,11,13-14H2,1H3,(H,31,34)/t23-/m0/s1. The van der Waals surface area contributed by atoms with Crippen molar-refractivity contribution in [2.45, 2.75) is 38.6 Å². The van der Waals surface area contributed by atoms with E-state index in [1.54, 1.807) is 18.3 Å². The summed E-state index contributed by atoms with van der Waals surface area (Å²) in [6, 6.07) is 16.5. The molecule has 4 rings (SSSR count). The summed E-state index contributed by atoms with van der Waals surface area (Å²) in [5.74, 6) is 0.670. The van der Waals surface area contributed by atoms with Gasteiger partial charge in [-0.1, -0.05) is 72.4 Å². The highest BCUT2D eigenvalue weighted by Gasteiger charge is 2.26. The Hall–Kier alpha value is -2.60. The lowest BCUT2D eigenvalue weighted by Gasteiger charge is -2.21. The molecule has 0 radical (unpaired) electrons. The van der Waals surface area contributed by atoms with Crippen LogP contribution in [0, 0.1) is 0 Å². The van der Waals surface area contributed by atoms with Crippen LogP contribution in [-0.4, -0.2) is 27.0 Å². The minimum atomic E-state index is -0.450. The quantitative estimate of drug-likeness (QED) is 0.270. The Morgan fingerprint density at radius 1 is 1.03 bits per heavy atom. The molecular formula is C26H25Cl3N4O. The Morgan fingerprint density at radius 2 is 1.79 bits per heavy atom. The summed E-state index contributed by atoms with van der Waals surface area (Å²) < 4.78 is 1.99. The normalized spacial score (nSPS) is 12.1. The molecule has 4 aromatic rings. The van der Waals surface area contributed by atoms with Crippen LogP contribution in [0.3, 0.4) is 0 Å². The molecule has 176 valence electrons. The fourth-order valence-corrected chi connectivity index (χ4v) is 4.57. The maximum absolute atomic E-state index is 13.4. The van der Waals surface area contributed by atoms with Crippen molar-refractivity contribution in [3.8, 4) is 0 Å². The lowest BCUT2D eigenvalue weighted by Crippen LogP contribution is -2.34. The van der Waals surface area contributed by atoms with Crippen molar-refractivity contribution in [1.82, 2.24) is 19.9 Å². The SMILES string of the molecule is CCC[C@@H](C(=O)NCCc1ccccn1)n1c(Cc2ccccc2Cl)nc2cc(Cl)c(Cl)cc21. The molecule has 8 heteroatoms. The predicted molar refractivity (Wildman–Crippen MR) is 139 cm³/mol. The zero-order valence-corrected chi connectivity index (χ0v) is 21.0. The van der Waals surface area contributed by atoms with Crippen molar-refractivity contribution in [3.63, 3.8) is 0 Å². The third-order valence-electron chi connectivity index (χ3n) is 5.69. The van der Waals surface area contributed by atoms with Gasteiger partial charge >= 0.3 is 0 Å². The number of benzene rings is 2. The summed E-state index contributed by atoms with van der Waals surface area (Å²) in [6.07, 6.45) is 4.36. The highest BCUT2D eigenvalue weighted by Crippen LogP contribution is 2.33. The maximum Gasteiger partial charge on any atom is 0.243 e. The van der Waals surface area contributed by atoms with Crippen LogP contribution in [0.1, 0.15) is 42.9 Å². The van der Waals surface area contributed by atoms with Crippen LogP contribution in [0.2, 0.25) is 15.1 Å². The number of carbonyl (C=O) groups is 1. The van der Waals surface area contributed by atoms with Crippen LogP contribution in [-0.2, 0) is 17.6 Å². The third-order valence-corrected chi connectivity index (χ3v) is 6.78. The van der Waals surface area contributed by atoms with E-state index in [2.05, 4.69) is 17.2 Å². The van der Waals surface area contributed by atoms with E-state index in [9.17, 15) is 4.79 Å². The number of hydrogen-bond acceptors (Lipinski definition) is 3. The highest BCUT2D eigenvalue weighted by molar-refractivity contribution is 6.42. The molecule has 0 aliphatic rings. The smallest absolute Gasteiger partial charge is 0.243 e. The summed E-state index contributed by atoms with van der Waals surface area (Å²) in [4.78, 5) is 22.6. The van der Waals surface area contributed by atoms with E-state index >= 15 is 0 Å². The summed E-state index contributed by atoms with van der Waals surface area (Å²) >= 11 is 19.1. The third kappa shape index (κ3) is 5.54. The lowest BCUT2D eigenvalue weighted by molar-refractivity contribution is -0.124. The number of nitrogens with one attached hydrogen (secondary N) is 1. The van der Waals surface area contributed by atoms with Crippen LogP contribution in [0.25, 0.3) is 11.0 Å². The molecule has 0 unspecified atom stereocenters. The van der Waals surface area contributed by atoms with E-state index in [1.165, 1.54) is 0 Å². The summed E-state index contributed by atoms with van der Waals surface area (Å²) in [7, 11) is 0. The average Bonchev–Trinajstić information content (AvgIpc) is 3.16. The number of pyridine rings is 1. The minimum Gasteiger partial charge on any atom is -0.354 e. The molecular weight excluding hydrogens is 491 g/mol. The van der Waals surface area contributed by atoms with Gasteiger partial charge in [0.15, 0.2) is 0 Å². The minimum absolute atomic E-state index is 0.0661. The topological polar surface area (TPSA) is 59.8 Å². The van der Waals surface area contributed by atoms with Crippen molar-refractivity contribution >= 4 is 51.7 Å². The monoisotopic (exact) mass is 514 g/mol. The molecule has 0 fully saturated rings. The summed E-state index contributed by atoms with van der Waals surface area (Å²) in [6.45, 7) is 2.56. The van der Waals surface area contributed by atoms with E-state index in [0.29, 0.717) is 46.4 Å². The van der Waals surface area contributed by atoms with E-state index < -0.39 is 6.04 Å². The number of carbonyl (C=O) groups excluding carboxylic acids is 1. The molecule has 2 heterocycles. The first-order valence-electron chi connectivity index (χ1n) is 11.2. The van der Waals surface area contributed by atoms with Gasteiger partial charge in [0.05, 0.1) is 21.1 Å². The van der Waals surface area contributed by atoms with Crippen molar-refractivity contribution < 1.29 is 4.79 Å². The molecule has 0 aliphatic heterocycles. The fraction of sp³-hybridized carbons (Fsp3) is 0.269. The van der Waals surface area contributed by atoms with E-state index in [1.807, 2.05) is 47.0 Å². The van der Waals surface area contributed by atoms with Crippen LogP contribution >= 0.6 is 34.8 Å². The largest absolute Gasteiger partial charge is 0.354 e. The number of aromatic nitrogens is 3. The number of halogens is 3. The molecule has 1 atom stereocenters. The molecule has 0 bridgehead atoms. The average molecular weight is 516 g/mol. The van der Waals surface area contributed by atoms with Crippen molar-refractivity contribution in [1.29, 1.82) is 0 Å². The molecule has 5 nitrogen and oxygen atoms in total. The Balaban J connectivity index is 1.69. The van der Waals surface area contributed by atoms with Crippen LogP contribution < -0.4 is 5.32 Å². The van der Waals surface area contributed by atoms with E-state index in [-0.39, 0.29) is 5.91 Å². The summed E-state index contributed by atoms with van der Waals surface area (Å²) in [5.41, 5.74) is 3.33. The number of fused-ring (bicyclic) bond motifs is 1. The predicted octanol–water partition coefficient (Wildman–Crippen LogP) is 6.68. The fourth-order valence-electron chi connectivity index (χ4n) is 4.05. The highest BCUT2D eigenvalue weighted by atomic mass is 35.5. The van der Waals surface area contributed by atoms with Crippen molar-refractivity contribution in [2.24, 2.45) is 0 Å². The Kier molecular flexibility index (Phi) is 8.09. The molecule has 0 spiro atoms. The lowest BCUT2D eigenvalue weighted by atomic mass is 10.1. The van der Waals surface area contributed by atoms with Gasteiger partial charge in [-0.15, -0.1) is 0 Å². The van der Waals surface area contributed by atoms with Gasteiger partial charge in [0.25, 0.3) is 0 Å².